The van der Waals surface area contributed by atoms with Gasteiger partial charge in [-0.1, -0.05) is 35.5 Å². The van der Waals surface area contributed by atoms with Gasteiger partial charge in [0, 0.05) is 29.5 Å². The summed E-state index contributed by atoms with van der Waals surface area (Å²) in [7, 11) is 0. The van der Waals surface area contributed by atoms with Crippen molar-refractivity contribution in [1.82, 2.24) is 20.1 Å². The fourth-order valence-corrected chi connectivity index (χ4v) is 4.95. The Morgan fingerprint density at radius 3 is 2.83 bits per heavy atom. The molecule has 2 aromatic heterocycles. The second-order valence-corrected chi connectivity index (χ2v) is 9.17. The molecule has 3 heterocycles. The highest BCUT2D eigenvalue weighted by Crippen LogP contribution is 2.29. The Labute approximate surface area is 183 Å². The number of benzene rings is 1. The third kappa shape index (κ3) is 5.12. The standard InChI is InChI=1S/C20H22ClN5OS2/c21-15-5-3-6-16(13-15)26-19(25-10-1-2-11-25)23-24-20(26)29-14-18(27)22-9-8-17-7-4-12-28-17/h3-7,12-13H,1-2,8-11,14H2,(H,22,27). The molecule has 4 rings (SSSR count). The summed E-state index contributed by atoms with van der Waals surface area (Å²) in [5, 5.41) is 15.2. The zero-order valence-electron chi connectivity index (χ0n) is 15.9. The minimum absolute atomic E-state index is 0.00470. The number of nitrogens with zero attached hydrogens (tertiary/aromatic N) is 4. The van der Waals surface area contributed by atoms with Crippen LogP contribution in [-0.2, 0) is 11.2 Å². The SMILES string of the molecule is O=C(CSc1nnc(N2CCCC2)n1-c1cccc(Cl)c1)NCCc1cccs1. The molecule has 1 aromatic carbocycles. The number of rotatable bonds is 8. The van der Waals surface area contributed by atoms with E-state index in [0.717, 1.165) is 44.0 Å². The van der Waals surface area contributed by atoms with Crippen molar-refractivity contribution in [3.05, 3.63) is 51.7 Å². The number of hydrogen-bond donors (Lipinski definition) is 1. The van der Waals surface area contributed by atoms with Gasteiger partial charge in [0.25, 0.3) is 0 Å². The Balaban J connectivity index is 1.44. The van der Waals surface area contributed by atoms with E-state index in [1.807, 2.05) is 40.3 Å². The molecule has 0 atom stereocenters. The number of hydrogen-bond acceptors (Lipinski definition) is 6. The number of halogens is 1. The Morgan fingerprint density at radius 2 is 2.07 bits per heavy atom. The maximum Gasteiger partial charge on any atom is 0.232 e. The monoisotopic (exact) mass is 447 g/mol. The first-order valence-corrected chi connectivity index (χ1v) is 11.8. The van der Waals surface area contributed by atoms with Crippen LogP contribution in [0.2, 0.25) is 5.02 Å². The van der Waals surface area contributed by atoms with Crippen molar-refractivity contribution in [3.8, 4) is 5.69 Å². The third-order valence-corrected chi connectivity index (χ3v) is 6.78. The average molecular weight is 448 g/mol. The fourth-order valence-electron chi connectivity index (χ4n) is 3.28. The summed E-state index contributed by atoms with van der Waals surface area (Å²) in [6.45, 7) is 2.57. The van der Waals surface area contributed by atoms with Crippen molar-refractivity contribution in [2.75, 3.05) is 30.3 Å². The first-order chi connectivity index (χ1) is 14.2. The number of thioether (sulfide) groups is 1. The Hall–Kier alpha value is -2.03. The summed E-state index contributed by atoms with van der Waals surface area (Å²) in [4.78, 5) is 15.8. The highest BCUT2D eigenvalue weighted by atomic mass is 35.5. The van der Waals surface area contributed by atoms with Crippen molar-refractivity contribution in [2.24, 2.45) is 0 Å². The molecule has 1 amide bonds. The van der Waals surface area contributed by atoms with E-state index in [0.29, 0.717) is 22.5 Å². The molecule has 1 aliphatic rings. The molecule has 1 fully saturated rings. The predicted octanol–water partition coefficient (Wildman–Crippen LogP) is 4.03. The summed E-state index contributed by atoms with van der Waals surface area (Å²) >= 11 is 9.32. The van der Waals surface area contributed by atoms with E-state index in [1.165, 1.54) is 16.6 Å². The summed E-state index contributed by atoms with van der Waals surface area (Å²) in [6.07, 6.45) is 3.15. The molecule has 152 valence electrons. The first-order valence-electron chi connectivity index (χ1n) is 9.59. The van der Waals surface area contributed by atoms with E-state index >= 15 is 0 Å². The third-order valence-electron chi connectivity index (χ3n) is 4.68. The second kappa shape index (κ2) is 9.65. The molecule has 9 heteroatoms. The topological polar surface area (TPSA) is 63.1 Å². The van der Waals surface area contributed by atoms with Crippen LogP contribution < -0.4 is 10.2 Å². The molecule has 3 aromatic rings. The van der Waals surface area contributed by atoms with Gasteiger partial charge in [-0.2, -0.15) is 0 Å². The zero-order chi connectivity index (χ0) is 20.1. The number of nitrogens with one attached hydrogen (secondary N) is 1. The normalized spacial score (nSPS) is 13.8. The van der Waals surface area contributed by atoms with Crippen molar-refractivity contribution >= 4 is 46.6 Å². The molecule has 0 aliphatic carbocycles. The molecule has 1 N–H and O–H groups in total. The van der Waals surface area contributed by atoms with Gasteiger partial charge in [-0.15, -0.1) is 21.5 Å². The lowest BCUT2D eigenvalue weighted by Gasteiger charge is -2.18. The maximum absolute atomic E-state index is 12.3. The molecule has 0 radical (unpaired) electrons. The molecule has 0 spiro atoms. The first kappa shape index (κ1) is 20.3. The molecule has 1 saturated heterocycles. The van der Waals surface area contributed by atoms with Gasteiger partial charge in [0.15, 0.2) is 5.16 Å². The zero-order valence-corrected chi connectivity index (χ0v) is 18.3. The largest absolute Gasteiger partial charge is 0.355 e. The van der Waals surface area contributed by atoms with E-state index in [4.69, 9.17) is 11.6 Å². The van der Waals surface area contributed by atoms with Gasteiger partial charge in [0.05, 0.1) is 11.4 Å². The van der Waals surface area contributed by atoms with Crippen molar-refractivity contribution in [1.29, 1.82) is 0 Å². The van der Waals surface area contributed by atoms with E-state index in [-0.39, 0.29) is 5.91 Å². The lowest BCUT2D eigenvalue weighted by Crippen LogP contribution is -2.27. The lowest BCUT2D eigenvalue weighted by atomic mass is 10.3. The summed E-state index contributed by atoms with van der Waals surface area (Å²) in [5.74, 6) is 1.10. The lowest BCUT2D eigenvalue weighted by molar-refractivity contribution is -0.118. The molecule has 29 heavy (non-hydrogen) atoms. The molecular weight excluding hydrogens is 426 g/mol. The second-order valence-electron chi connectivity index (χ2n) is 6.76. The number of anilines is 1. The number of amides is 1. The smallest absolute Gasteiger partial charge is 0.232 e. The van der Waals surface area contributed by atoms with Gasteiger partial charge in [0.1, 0.15) is 0 Å². The molecule has 0 saturated carbocycles. The number of thiophene rings is 1. The quantitative estimate of drug-likeness (QED) is 0.528. The van der Waals surface area contributed by atoms with Crippen molar-refractivity contribution in [3.63, 3.8) is 0 Å². The van der Waals surface area contributed by atoms with Crippen molar-refractivity contribution < 1.29 is 4.79 Å². The average Bonchev–Trinajstić information content (AvgIpc) is 3.47. The molecule has 0 bridgehead atoms. The Morgan fingerprint density at radius 1 is 1.21 bits per heavy atom. The van der Waals surface area contributed by atoms with Crippen LogP contribution in [0.4, 0.5) is 5.95 Å². The van der Waals surface area contributed by atoms with Gasteiger partial charge in [-0.05, 0) is 48.9 Å². The van der Waals surface area contributed by atoms with Crippen LogP contribution in [0.25, 0.3) is 5.69 Å². The number of carbonyl (C=O) groups excluding carboxylic acids is 1. The highest BCUT2D eigenvalue weighted by molar-refractivity contribution is 7.99. The van der Waals surface area contributed by atoms with E-state index in [1.54, 1.807) is 11.3 Å². The van der Waals surface area contributed by atoms with Crippen LogP contribution in [-0.4, -0.2) is 46.1 Å². The van der Waals surface area contributed by atoms with E-state index in [2.05, 4.69) is 26.5 Å². The molecule has 0 unspecified atom stereocenters. The van der Waals surface area contributed by atoms with Crippen LogP contribution in [0, 0.1) is 0 Å². The maximum atomic E-state index is 12.3. The van der Waals surface area contributed by atoms with Gasteiger partial charge >= 0.3 is 0 Å². The molecular formula is C20H22ClN5OS2. The van der Waals surface area contributed by atoms with Gasteiger partial charge in [0.2, 0.25) is 11.9 Å². The van der Waals surface area contributed by atoms with E-state index < -0.39 is 0 Å². The Kier molecular flexibility index (Phi) is 6.74. The molecule has 6 nitrogen and oxygen atoms in total. The Bertz CT molecular complexity index is 954. The summed E-state index contributed by atoms with van der Waals surface area (Å²) < 4.78 is 2.00. The minimum Gasteiger partial charge on any atom is -0.355 e. The van der Waals surface area contributed by atoms with Gasteiger partial charge < -0.3 is 10.2 Å². The fraction of sp³-hybridized carbons (Fsp3) is 0.350. The van der Waals surface area contributed by atoms with Crippen LogP contribution in [0.3, 0.4) is 0 Å². The van der Waals surface area contributed by atoms with Crippen molar-refractivity contribution in [2.45, 2.75) is 24.4 Å². The van der Waals surface area contributed by atoms with Gasteiger partial charge in [-0.25, -0.2) is 0 Å². The summed E-state index contributed by atoms with van der Waals surface area (Å²) in [5.41, 5.74) is 0.907. The van der Waals surface area contributed by atoms with Crippen LogP contribution in [0.15, 0.2) is 46.9 Å². The van der Waals surface area contributed by atoms with Gasteiger partial charge in [-0.3, -0.25) is 9.36 Å². The highest BCUT2D eigenvalue weighted by Gasteiger charge is 2.23. The van der Waals surface area contributed by atoms with Crippen LogP contribution in [0.1, 0.15) is 17.7 Å². The van der Waals surface area contributed by atoms with Crippen LogP contribution >= 0.6 is 34.7 Å². The summed E-state index contributed by atoms with van der Waals surface area (Å²) in [6, 6.07) is 11.8. The number of carbonyl (C=O) groups is 1. The number of aromatic nitrogens is 3. The minimum atomic E-state index is -0.00470. The van der Waals surface area contributed by atoms with Crippen LogP contribution in [0.5, 0.6) is 0 Å². The molecule has 1 aliphatic heterocycles. The predicted molar refractivity (Wildman–Crippen MR) is 120 cm³/mol. The van der Waals surface area contributed by atoms with E-state index in [9.17, 15) is 4.79 Å².